The summed E-state index contributed by atoms with van der Waals surface area (Å²) in [5.74, 6) is 0.818. The molecular formula is C16H18N2O2S. The molecule has 0 radical (unpaired) electrons. The molecule has 110 valence electrons. The van der Waals surface area contributed by atoms with Gasteiger partial charge in [-0.25, -0.2) is 9.10 Å². The molecule has 0 aliphatic carbocycles. The lowest BCUT2D eigenvalue weighted by atomic mass is 10.1. The van der Waals surface area contributed by atoms with Gasteiger partial charge in [0.1, 0.15) is 5.75 Å². The van der Waals surface area contributed by atoms with Crippen molar-refractivity contribution in [2.24, 2.45) is 0 Å². The molecule has 2 aromatic rings. The van der Waals surface area contributed by atoms with Crippen molar-refractivity contribution in [1.29, 1.82) is 0 Å². The Bertz CT molecular complexity index is 590. The van der Waals surface area contributed by atoms with E-state index in [1.807, 2.05) is 54.6 Å². The largest absolute Gasteiger partial charge is 0.497 e. The normalized spacial score (nSPS) is 10.0. The minimum Gasteiger partial charge on any atom is -0.497 e. The number of hydrogen-bond acceptors (Lipinski definition) is 3. The van der Waals surface area contributed by atoms with Crippen LogP contribution in [0.3, 0.4) is 0 Å². The van der Waals surface area contributed by atoms with E-state index in [4.69, 9.17) is 4.74 Å². The van der Waals surface area contributed by atoms with Crippen LogP contribution in [0.15, 0.2) is 54.6 Å². The predicted molar refractivity (Wildman–Crippen MR) is 88.0 cm³/mol. The Labute approximate surface area is 130 Å². The van der Waals surface area contributed by atoms with Crippen molar-refractivity contribution in [3.63, 3.8) is 0 Å². The first-order valence-corrected chi connectivity index (χ1v) is 7.05. The van der Waals surface area contributed by atoms with Crippen molar-refractivity contribution >= 4 is 24.5 Å². The highest BCUT2D eigenvalue weighted by Crippen LogP contribution is 2.15. The average Bonchev–Trinajstić information content (AvgIpc) is 2.55. The van der Waals surface area contributed by atoms with Crippen LogP contribution in [0, 0.1) is 0 Å². The maximum absolute atomic E-state index is 12.0. The van der Waals surface area contributed by atoms with E-state index in [9.17, 15) is 4.79 Å². The molecule has 2 aromatic carbocycles. The number of ether oxygens (including phenoxy) is 1. The number of rotatable bonds is 5. The molecule has 0 unspecified atom stereocenters. The number of benzene rings is 2. The first kappa shape index (κ1) is 15.3. The third-order valence-corrected chi connectivity index (χ3v) is 3.43. The maximum atomic E-state index is 12.0. The highest BCUT2D eigenvalue weighted by atomic mass is 32.1. The molecule has 1 N–H and O–H groups in total. The van der Waals surface area contributed by atoms with Crippen molar-refractivity contribution in [3.05, 3.63) is 60.2 Å². The van der Waals surface area contributed by atoms with Crippen LogP contribution in [0.25, 0.3) is 0 Å². The number of methoxy groups -OCH3 is 1. The lowest BCUT2D eigenvalue weighted by Gasteiger charge is -2.16. The average molecular weight is 302 g/mol. The zero-order valence-corrected chi connectivity index (χ0v) is 12.7. The summed E-state index contributed by atoms with van der Waals surface area (Å²) >= 11 is 4.21. The third kappa shape index (κ3) is 4.43. The zero-order valence-electron chi connectivity index (χ0n) is 11.8. The van der Waals surface area contributed by atoms with Gasteiger partial charge in [0, 0.05) is 6.54 Å². The number of hydrogen-bond donors (Lipinski definition) is 2. The van der Waals surface area contributed by atoms with Gasteiger partial charge in [-0.15, -0.1) is 0 Å². The quantitative estimate of drug-likeness (QED) is 0.832. The molecule has 0 spiro atoms. The third-order valence-electron chi connectivity index (χ3n) is 3.02. The standard InChI is InChI=1S/C16H18N2O2S/c1-20-15-9-5-6-13(12-15)10-11-17-16(19)18(21)14-7-3-2-4-8-14/h2-9,12,21H,10-11H2,1H3,(H,17,19). The van der Waals surface area contributed by atoms with Crippen molar-refractivity contribution in [3.8, 4) is 5.75 Å². The van der Waals surface area contributed by atoms with Gasteiger partial charge >= 0.3 is 6.03 Å². The smallest absolute Gasteiger partial charge is 0.331 e. The van der Waals surface area contributed by atoms with Gasteiger partial charge in [-0.2, -0.15) is 0 Å². The predicted octanol–water partition coefficient (Wildman–Crippen LogP) is 3.30. The van der Waals surface area contributed by atoms with Crippen LogP contribution in [0.2, 0.25) is 0 Å². The van der Waals surface area contributed by atoms with Crippen LogP contribution < -0.4 is 14.4 Å². The first-order valence-electron chi connectivity index (χ1n) is 6.65. The molecule has 2 amide bonds. The van der Waals surface area contributed by atoms with E-state index >= 15 is 0 Å². The van der Waals surface area contributed by atoms with Crippen molar-refractivity contribution < 1.29 is 9.53 Å². The van der Waals surface area contributed by atoms with Crippen LogP contribution in [0.1, 0.15) is 5.56 Å². The molecule has 2 rings (SSSR count). The Kier molecular flexibility index (Phi) is 5.51. The summed E-state index contributed by atoms with van der Waals surface area (Å²) in [5, 5.41) is 2.84. The Morgan fingerprint density at radius 1 is 1.19 bits per heavy atom. The van der Waals surface area contributed by atoms with Crippen molar-refractivity contribution in [2.75, 3.05) is 18.0 Å². The Morgan fingerprint density at radius 3 is 2.67 bits per heavy atom. The lowest BCUT2D eigenvalue weighted by molar-refractivity contribution is 0.250. The zero-order chi connectivity index (χ0) is 15.1. The Hall–Kier alpha value is -2.14. The summed E-state index contributed by atoms with van der Waals surface area (Å²) in [6.07, 6.45) is 0.735. The minimum atomic E-state index is -0.243. The summed E-state index contributed by atoms with van der Waals surface area (Å²) in [7, 11) is 1.64. The molecule has 0 aliphatic heterocycles. The van der Waals surface area contributed by atoms with E-state index in [-0.39, 0.29) is 6.03 Å². The second-order valence-electron chi connectivity index (χ2n) is 4.48. The number of urea groups is 1. The van der Waals surface area contributed by atoms with Crippen LogP contribution in [0.4, 0.5) is 10.5 Å². The van der Waals surface area contributed by atoms with Gasteiger partial charge < -0.3 is 10.1 Å². The van der Waals surface area contributed by atoms with E-state index in [1.54, 1.807) is 7.11 Å². The summed E-state index contributed by atoms with van der Waals surface area (Å²) in [5.41, 5.74) is 1.85. The molecule has 0 aliphatic rings. The van der Waals surface area contributed by atoms with Crippen molar-refractivity contribution in [1.82, 2.24) is 5.32 Å². The summed E-state index contributed by atoms with van der Waals surface area (Å²) < 4.78 is 6.47. The molecule has 5 heteroatoms. The number of anilines is 1. The Morgan fingerprint density at radius 2 is 1.95 bits per heavy atom. The van der Waals surface area contributed by atoms with E-state index in [0.717, 1.165) is 23.4 Å². The fourth-order valence-electron chi connectivity index (χ4n) is 1.90. The fraction of sp³-hybridized carbons (Fsp3) is 0.188. The van der Waals surface area contributed by atoms with Crippen LogP contribution in [-0.4, -0.2) is 19.7 Å². The highest BCUT2D eigenvalue weighted by molar-refractivity contribution is 7.82. The molecule has 0 saturated heterocycles. The first-order chi connectivity index (χ1) is 10.2. The highest BCUT2D eigenvalue weighted by Gasteiger charge is 2.10. The molecule has 0 atom stereocenters. The SMILES string of the molecule is COc1cccc(CCNC(=O)N(S)c2ccccc2)c1. The Balaban J connectivity index is 1.84. The summed E-state index contributed by atoms with van der Waals surface area (Å²) in [6, 6.07) is 16.8. The van der Waals surface area contributed by atoms with Gasteiger partial charge in [0.2, 0.25) is 0 Å². The number of thiol groups is 1. The van der Waals surface area contributed by atoms with Crippen LogP contribution in [0.5, 0.6) is 5.75 Å². The molecule has 4 nitrogen and oxygen atoms in total. The van der Waals surface area contributed by atoms with E-state index < -0.39 is 0 Å². The number of nitrogens with zero attached hydrogens (tertiary/aromatic N) is 1. The number of carbonyl (C=O) groups is 1. The summed E-state index contributed by atoms with van der Waals surface area (Å²) in [6.45, 7) is 0.538. The minimum absolute atomic E-state index is 0.243. The topological polar surface area (TPSA) is 41.6 Å². The van der Waals surface area contributed by atoms with Gasteiger partial charge in [0.25, 0.3) is 0 Å². The lowest BCUT2D eigenvalue weighted by Crippen LogP contribution is -2.35. The molecule has 0 aromatic heterocycles. The van der Waals surface area contributed by atoms with Gasteiger partial charge in [-0.05, 0) is 36.2 Å². The van der Waals surface area contributed by atoms with Crippen LogP contribution >= 0.6 is 12.8 Å². The number of nitrogens with one attached hydrogen (secondary N) is 1. The van der Waals surface area contributed by atoms with Crippen molar-refractivity contribution in [2.45, 2.75) is 6.42 Å². The molecule has 0 fully saturated rings. The number of amides is 2. The second-order valence-corrected chi connectivity index (χ2v) is 4.88. The van der Waals surface area contributed by atoms with Gasteiger partial charge in [0.05, 0.1) is 12.8 Å². The van der Waals surface area contributed by atoms with Gasteiger partial charge in [-0.3, -0.25) is 0 Å². The molecular weight excluding hydrogens is 284 g/mol. The molecule has 0 saturated carbocycles. The second kappa shape index (κ2) is 7.59. The van der Waals surface area contributed by atoms with Gasteiger partial charge in [-0.1, -0.05) is 43.1 Å². The van der Waals surface area contributed by atoms with Crippen LogP contribution in [-0.2, 0) is 6.42 Å². The van der Waals surface area contributed by atoms with E-state index in [2.05, 4.69) is 18.1 Å². The molecule has 0 heterocycles. The maximum Gasteiger partial charge on any atom is 0.331 e. The number of para-hydroxylation sites is 1. The van der Waals surface area contributed by atoms with E-state index in [0.29, 0.717) is 6.54 Å². The molecule has 0 bridgehead atoms. The number of carbonyl (C=O) groups excluding carboxylic acids is 1. The van der Waals surface area contributed by atoms with E-state index in [1.165, 1.54) is 4.31 Å². The molecule has 21 heavy (non-hydrogen) atoms. The fourth-order valence-corrected chi connectivity index (χ4v) is 2.11. The monoisotopic (exact) mass is 302 g/mol. The summed E-state index contributed by atoms with van der Waals surface area (Å²) in [4.78, 5) is 12.0. The van der Waals surface area contributed by atoms with Gasteiger partial charge in [0.15, 0.2) is 0 Å².